The molecule has 1 heterocycles. The van der Waals surface area contributed by atoms with Crippen LogP contribution in [0.15, 0.2) is 18.2 Å². The second-order valence-electron chi connectivity index (χ2n) is 3.78. The molecule has 0 radical (unpaired) electrons. The van der Waals surface area contributed by atoms with Crippen molar-refractivity contribution < 1.29 is 13.9 Å². The van der Waals surface area contributed by atoms with Gasteiger partial charge in [-0.3, -0.25) is 4.79 Å². The van der Waals surface area contributed by atoms with Crippen LogP contribution in [0.1, 0.15) is 23.7 Å². The molecule has 1 aromatic carbocycles. The van der Waals surface area contributed by atoms with Gasteiger partial charge in [0, 0.05) is 6.42 Å². The fourth-order valence-corrected chi connectivity index (χ4v) is 1.67. The van der Waals surface area contributed by atoms with E-state index in [1.165, 1.54) is 6.07 Å². The van der Waals surface area contributed by atoms with Crippen molar-refractivity contribution in [3.63, 3.8) is 0 Å². The van der Waals surface area contributed by atoms with Crippen molar-refractivity contribution in [3.8, 4) is 0 Å². The molecule has 15 heavy (non-hydrogen) atoms. The van der Waals surface area contributed by atoms with Crippen molar-refractivity contribution in [1.82, 2.24) is 0 Å². The van der Waals surface area contributed by atoms with Crippen LogP contribution in [0, 0.1) is 12.7 Å². The third-order valence-corrected chi connectivity index (χ3v) is 2.58. The molecule has 0 spiro atoms. The van der Waals surface area contributed by atoms with Gasteiger partial charge in [0.2, 0.25) is 0 Å². The molecule has 2 rings (SSSR count). The highest BCUT2D eigenvalue weighted by atomic mass is 19.1. The van der Waals surface area contributed by atoms with Gasteiger partial charge < -0.3 is 10.5 Å². The topological polar surface area (TPSA) is 52.3 Å². The van der Waals surface area contributed by atoms with Crippen molar-refractivity contribution in [2.24, 2.45) is 5.73 Å². The monoisotopic (exact) mass is 209 g/mol. The van der Waals surface area contributed by atoms with Crippen molar-refractivity contribution in [3.05, 3.63) is 35.1 Å². The number of cyclic esters (lactones) is 1. The Bertz CT molecular complexity index is 406. The molecule has 0 aromatic heterocycles. The Balaban J connectivity index is 2.24. The van der Waals surface area contributed by atoms with Gasteiger partial charge >= 0.3 is 5.97 Å². The molecule has 2 atom stereocenters. The quantitative estimate of drug-likeness (QED) is 0.712. The fraction of sp³-hybridized carbons (Fsp3) is 0.364. The minimum Gasteiger partial charge on any atom is -0.456 e. The third-order valence-electron chi connectivity index (χ3n) is 2.58. The maximum atomic E-state index is 13.0. The highest BCUT2D eigenvalue weighted by Gasteiger charge is 2.32. The third kappa shape index (κ3) is 1.85. The Hall–Kier alpha value is -1.42. The number of aryl methyl sites for hydroxylation is 1. The number of carbonyl (C=O) groups is 1. The summed E-state index contributed by atoms with van der Waals surface area (Å²) in [6.45, 7) is 1.68. The van der Waals surface area contributed by atoms with Crippen LogP contribution in [0.4, 0.5) is 4.39 Å². The maximum absolute atomic E-state index is 13.0. The molecule has 0 aliphatic carbocycles. The predicted octanol–water partition coefficient (Wildman–Crippen LogP) is 1.45. The average Bonchev–Trinajstić information content (AvgIpc) is 2.52. The molecule has 2 N–H and O–H groups in total. The second kappa shape index (κ2) is 3.62. The summed E-state index contributed by atoms with van der Waals surface area (Å²) in [5.41, 5.74) is 6.87. The van der Waals surface area contributed by atoms with Crippen LogP contribution in [-0.4, -0.2) is 12.0 Å². The van der Waals surface area contributed by atoms with E-state index in [1.54, 1.807) is 19.1 Å². The highest BCUT2D eigenvalue weighted by Crippen LogP contribution is 2.29. The summed E-state index contributed by atoms with van der Waals surface area (Å²) in [5.74, 6) is -0.644. The highest BCUT2D eigenvalue weighted by molar-refractivity contribution is 5.77. The van der Waals surface area contributed by atoms with E-state index in [9.17, 15) is 9.18 Å². The maximum Gasteiger partial charge on any atom is 0.323 e. The van der Waals surface area contributed by atoms with Crippen LogP contribution < -0.4 is 5.73 Å². The summed E-state index contributed by atoms with van der Waals surface area (Å²) in [6.07, 6.45) is 0.135. The van der Waals surface area contributed by atoms with Gasteiger partial charge in [0.1, 0.15) is 18.0 Å². The van der Waals surface area contributed by atoms with E-state index in [1.807, 2.05) is 0 Å². The summed E-state index contributed by atoms with van der Waals surface area (Å²) in [7, 11) is 0. The lowest BCUT2D eigenvalue weighted by atomic mass is 10.0. The summed E-state index contributed by atoms with van der Waals surface area (Å²) >= 11 is 0. The molecule has 1 aliphatic heterocycles. The van der Waals surface area contributed by atoms with Gasteiger partial charge in [-0.2, -0.15) is 0 Å². The molecule has 2 unspecified atom stereocenters. The lowest BCUT2D eigenvalue weighted by molar-refractivity contribution is -0.142. The normalized spacial score (nSPS) is 25.4. The van der Waals surface area contributed by atoms with Gasteiger partial charge in [-0.05, 0) is 30.2 Å². The van der Waals surface area contributed by atoms with E-state index in [2.05, 4.69) is 0 Å². The Morgan fingerprint density at radius 3 is 2.80 bits per heavy atom. The first kappa shape index (κ1) is 10.1. The first-order chi connectivity index (χ1) is 7.08. The lowest BCUT2D eigenvalue weighted by Gasteiger charge is -2.09. The van der Waals surface area contributed by atoms with E-state index < -0.39 is 6.04 Å². The number of rotatable bonds is 1. The van der Waals surface area contributed by atoms with Crippen LogP contribution in [0.3, 0.4) is 0 Å². The van der Waals surface area contributed by atoms with Gasteiger partial charge in [0.05, 0.1) is 0 Å². The zero-order chi connectivity index (χ0) is 11.0. The van der Waals surface area contributed by atoms with Crippen LogP contribution in [-0.2, 0) is 9.53 Å². The molecule has 0 bridgehead atoms. The largest absolute Gasteiger partial charge is 0.456 e. The first-order valence-electron chi connectivity index (χ1n) is 4.80. The van der Waals surface area contributed by atoms with E-state index >= 15 is 0 Å². The van der Waals surface area contributed by atoms with Gasteiger partial charge in [0.15, 0.2) is 0 Å². The number of carbonyl (C=O) groups excluding carboxylic acids is 1. The van der Waals surface area contributed by atoms with Gasteiger partial charge in [-0.25, -0.2) is 4.39 Å². The number of hydrogen-bond acceptors (Lipinski definition) is 3. The number of nitrogens with two attached hydrogens (primary N) is 1. The smallest absolute Gasteiger partial charge is 0.323 e. The van der Waals surface area contributed by atoms with E-state index in [0.29, 0.717) is 12.0 Å². The molecule has 1 aromatic rings. The van der Waals surface area contributed by atoms with Crippen LogP contribution >= 0.6 is 0 Å². The Labute approximate surface area is 87.0 Å². The molecule has 80 valence electrons. The Kier molecular flexibility index (Phi) is 2.44. The van der Waals surface area contributed by atoms with Gasteiger partial charge in [-0.1, -0.05) is 6.07 Å². The number of hydrogen-bond donors (Lipinski definition) is 1. The Morgan fingerprint density at radius 2 is 2.27 bits per heavy atom. The summed E-state index contributed by atoms with van der Waals surface area (Å²) in [4.78, 5) is 11.1. The summed E-state index contributed by atoms with van der Waals surface area (Å²) in [5, 5.41) is 0. The summed E-state index contributed by atoms with van der Waals surface area (Å²) < 4.78 is 18.1. The average molecular weight is 209 g/mol. The molecule has 3 nitrogen and oxygen atoms in total. The molecule has 1 saturated heterocycles. The zero-order valence-electron chi connectivity index (χ0n) is 8.37. The lowest BCUT2D eigenvalue weighted by Crippen LogP contribution is -2.24. The molecular weight excluding hydrogens is 197 g/mol. The van der Waals surface area contributed by atoms with Gasteiger partial charge in [0.25, 0.3) is 0 Å². The number of esters is 1. The number of ether oxygens (including phenoxy) is 1. The molecule has 0 amide bonds. The van der Waals surface area contributed by atoms with Crippen LogP contribution in [0.2, 0.25) is 0 Å². The molecule has 1 aliphatic rings. The minimum atomic E-state index is -0.555. The molecular formula is C11H12FNO2. The SMILES string of the molecule is Cc1cc(C2CC(N)C(=O)O2)ccc1F. The van der Waals surface area contributed by atoms with Crippen molar-refractivity contribution in [1.29, 1.82) is 0 Å². The summed E-state index contributed by atoms with van der Waals surface area (Å²) in [6, 6.07) is 4.13. The van der Waals surface area contributed by atoms with Crippen LogP contribution in [0.5, 0.6) is 0 Å². The van der Waals surface area contributed by atoms with Gasteiger partial charge in [-0.15, -0.1) is 0 Å². The fourth-order valence-electron chi connectivity index (χ4n) is 1.67. The van der Waals surface area contributed by atoms with E-state index in [0.717, 1.165) is 5.56 Å². The molecule has 4 heteroatoms. The van der Waals surface area contributed by atoms with Crippen LogP contribution in [0.25, 0.3) is 0 Å². The molecule has 0 saturated carbocycles. The minimum absolute atomic E-state index is 0.257. The standard InChI is InChI=1S/C11H12FNO2/c1-6-4-7(2-3-8(6)12)10-5-9(13)11(14)15-10/h2-4,9-10H,5,13H2,1H3. The predicted molar refractivity (Wildman–Crippen MR) is 52.6 cm³/mol. The first-order valence-corrected chi connectivity index (χ1v) is 4.80. The number of halogens is 1. The van der Waals surface area contributed by atoms with E-state index in [4.69, 9.17) is 10.5 Å². The molecule has 1 fully saturated rings. The van der Waals surface area contributed by atoms with Crippen molar-refractivity contribution >= 4 is 5.97 Å². The van der Waals surface area contributed by atoms with E-state index in [-0.39, 0.29) is 17.9 Å². The second-order valence-corrected chi connectivity index (χ2v) is 3.78. The zero-order valence-corrected chi connectivity index (χ0v) is 8.37. The number of benzene rings is 1. The Morgan fingerprint density at radius 1 is 1.53 bits per heavy atom. The van der Waals surface area contributed by atoms with Crippen molar-refractivity contribution in [2.45, 2.75) is 25.5 Å². The van der Waals surface area contributed by atoms with Crippen molar-refractivity contribution in [2.75, 3.05) is 0 Å².